The number of ether oxygens (including phenoxy) is 2. The third kappa shape index (κ3) is 4.58. The normalized spacial score (nSPS) is 18.4. The lowest BCUT2D eigenvalue weighted by atomic mass is 10.1. The Morgan fingerprint density at radius 2 is 1.85 bits per heavy atom. The van der Waals surface area contributed by atoms with Crippen molar-refractivity contribution in [3.05, 3.63) is 59.3 Å². The molecule has 8 heteroatoms. The van der Waals surface area contributed by atoms with E-state index in [0.29, 0.717) is 11.3 Å². The Kier molecular flexibility index (Phi) is 5.91. The summed E-state index contributed by atoms with van der Waals surface area (Å²) in [7, 11) is 0. The highest BCUT2D eigenvalue weighted by molar-refractivity contribution is 5.83. The summed E-state index contributed by atoms with van der Waals surface area (Å²) in [6.45, 7) is -0.0234. The summed E-state index contributed by atoms with van der Waals surface area (Å²) in [5, 5.41) is 10.2. The molecule has 5 nitrogen and oxygen atoms in total. The molecule has 1 aromatic heterocycles. The highest BCUT2D eigenvalue weighted by Gasteiger charge is 2.35. The molecule has 1 aliphatic carbocycles. The lowest BCUT2D eigenvalue weighted by molar-refractivity contribution is -0.139. The minimum Gasteiger partial charge on any atom is -0.490 e. The molecule has 180 valence electrons. The van der Waals surface area contributed by atoms with E-state index in [4.69, 9.17) is 9.47 Å². The summed E-state index contributed by atoms with van der Waals surface area (Å²) in [4.78, 5) is 11.2. The van der Waals surface area contributed by atoms with E-state index in [1.807, 2.05) is 16.7 Å². The average Bonchev–Trinajstić information content (AvgIpc) is 3.50. The molecule has 0 saturated heterocycles. The van der Waals surface area contributed by atoms with Crippen molar-refractivity contribution in [1.29, 1.82) is 0 Å². The summed E-state index contributed by atoms with van der Waals surface area (Å²) in [5.41, 5.74) is 1.59. The van der Waals surface area contributed by atoms with Crippen LogP contribution < -0.4 is 9.47 Å². The Morgan fingerprint density at radius 3 is 2.59 bits per heavy atom. The molecule has 1 fully saturated rings. The molecule has 34 heavy (non-hydrogen) atoms. The van der Waals surface area contributed by atoms with Gasteiger partial charge in [0.05, 0.1) is 23.6 Å². The summed E-state index contributed by atoms with van der Waals surface area (Å²) >= 11 is 0. The molecule has 0 bridgehead atoms. The molecular weight excluding hydrogens is 447 g/mol. The molecule has 1 aliphatic heterocycles. The number of halogens is 3. The molecule has 1 unspecified atom stereocenters. The Hall–Kier alpha value is -3.16. The minimum atomic E-state index is -4.52. The van der Waals surface area contributed by atoms with E-state index < -0.39 is 17.7 Å². The second-order valence-corrected chi connectivity index (χ2v) is 9.16. The van der Waals surface area contributed by atoms with Crippen LogP contribution in [0, 0.1) is 0 Å². The fourth-order valence-corrected chi connectivity index (χ4v) is 5.15. The van der Waals surface area contributed by atoms with Crippen molar-refractivity contribution in [1.82, 2.24) is 4.57 Å². The van der Waals surface area contributed by atoms with Gasteiger partial charge in [-0.1, -0.05) is 6.07 Å². The zero-order valence-corrected chi connectivity index (χ0v) is 18.6. The number of aryl methyl sites for hydroxylation is 1. The van der Waals surface area contributed by atoms with Crippen molar-refractivity contribution in [2.45, 2.75) is 69.9 Å². The number of carbonyl (C=O) groups is 1. The highest BCUT2D eigenvalue weighted by atomic mass is 19.4. The van der Waals surface area contributed by atoms with Gasteiger partial charge in [0.2, 0.25) is 0 Å². The Bertz CT molecular complexity index is 1210. The van der Waals surface area contributed by atoms with E-state index >= 15 is 0 Å². The first-order chi connectivity index (χ1) is 16.3. The van der Waals surface area contributed by atoms with Crippen LogP contribution in [0.4, 0.5) is 13.2 Å². The largest absolute Gasteiger partial charge is 0.490 e. The number of fused-ring (bicyclic) bond motifs is 3. The van der Waals surface area contributed by atoms with E-state index in [0.717, 1.165) is 61.2 Å². The molecule has 1 saturated carbocycles. The van der Waals surface area contributed by atoms with Crippen LogP contribution in [-0.4, -0.2) is 21.7 Å². The van der Waals surface area contributed by atoms with E-state index in [-0.39, 0.29) is 30.9 Å². The van der Waals surface area contributed by atoms with Crippen LogP contribution in [0.25, 0.3) is 10.9 Å². The van der Waals surface area contributed by atoms with E-state index in [1.165, 1.54) is 6.07 Å². The molecule has 5 rings (SSSR count). The van der Waals surface area contributed by atoms with E-state index in [9.17, 15) is 23.1 Å². The number of benzene rings is 2. The van der Waals surface area contributed by atoms with Crippen LogP contribution in [-0.2, 0) is 24.0 Å². The molecule has 2 aromatic carbocycles. The van der Waals surface area contributed by atoms with Gasteiger partial charge in [-0.3, -0.25) is 4.79 Å². The topological polar surface area (TPSA) is 60.7 Å². The predicted octanol–water partition coefficient (Wildman–Crippen LogP) is 6.52. The Balaban J connectivity index is 1.35. The zero-order valence-electron chi connectivity index (χ0n) is 18.6. The number of hydrogen-bond acceptors (Lipinski definition) is 3. The van der Waals surface area contributed by atoms with Gasteiger partial charge >= 0.3 is 12.1 Å². The number of aliphatic carboxylic acids is 1. The van der Waals surface area contributed by atoms with Crippen molar-refractivity contribution >= 4 is 16.9 Å². The SMILES string of the molecule is O=C(O)CC1CCc2cc3ccc(OCc4ccc(OC5CCCC5)c(C(F)(F)F)c4)cc3n21. The Morgan fingerprint density at radius 1 is 1.06 bits per heavy atom. The first kappa shape index (κ1) is 22.6. The maximum atomic E-state index is 13.7. The number of nitrogens with zero attached hydrogens (tertiary/aromatic N) is 1. The number of rotatable bonds is 7. The van der Waals surface area contributed by atoms with Crippen LogP contribution in [0.15, 0.2) is 42.5 Å². The third-order valence-corrected chi connectivity index (χ3v) is 6.75. The number of aromatic nitrogens is 1. The van der Waals surface area contributed by atoms with Crippen molar-refractivity contribution in [2.24, 2.45) is 0 Å². The zero-order chi connectivity index (χ0) is 23.9. The van der Waals surface area contributed by atoms with E-state index in [1.54, 1.807) is 12.1 Å². The molecule has 2 aliphatic rings. The van der Waals surface area contributed by atoms with Gasteiger partial charge in [-0.05, 0) is 74.4 Å². The van der Waals surface area contributed by atoms with Crippen molar-refractivity contribution in [3.8, 4) is 11.5 Å². The lowest BCUT2D eigenvalue weighted by Gasteiger charge is -2.19. The number of hydrogen-bond donors (Lipinski definition) is 1. The minimum absolute atomic E-state index is 0.0234. The van der Waals surface area contributed by atoms with Crippen molar-refractivity contribution in [3.63, 3.8) is 0 Å². The van der Waals surface area contributed by atoms with Gasteiger partial charge in [0.1, 0.15) is 18.1 Å². The Labute approximate surface area is 195 Å². The van der Waals surface area contributed by atoms with Crippen LogP contribution in [0.3, 0.4) is 0 Å². The fourth-order valence-electron chi connectivity index (χ4n) is 5.15. The molecule has 0 radical (unpaired) electrons. The number of carboxylic acid groups (broad SMARTS) is 1. The number of alkyl halides is 3. The second-order valence-electron chi connectivity index (χ2n) is 9.16. The molecular formula is C26H26F3NO4. The molecule has 1 atom stereocenters. The maximum Gasteiger partial charge on any atom is 0.419 e. The first-order valence-corrected chi connectivity index (χ1v) is 11.6. The van der Waals surface area contributed by atoms with Crippen LogP contribution >= 0.6 is 0 Å². The third-order valence-electron chi connectivity index (χ3n) is 6.75. The van der Waals surface area contributed by atoms with Crippen LogP contribution in [0.5, 0.6) is 11.5 Å². The predicted molar refractivity (Wildman–Crippen MR) is 120 cm³/mol. The average molecular weight is 473 g/mol. The van der Waals surface area contributed by atoms with Gasteiger partial charge in [-0.25, -0.2) is 0 Å². The summed E-state index contributed by atoms with van der Waals surface area (Å²) in [6.07, 6.45) is 0.475. The lowest BCUT2D eigenvalue weighted by Crippen LogP contribution is -2.16. The molecule has 0 spiro atoms. The summed E-state index contributed by atoms with van der Waals surface area (Å²) in [6, 6.07) is 11.6. The second kappa shape index (κ2) is 8.89. The smallest absolute Gasteiger partial charge is 0.419 e. The van der Waals surface area contributed by atoms with Crippen LogP contribution in [0.2, 0.25) is 0 Å². The van der Waals surface area contributed by atoms with Gasteiger partial charge in [0.25, 0.3) is 0 Å². The highest BCUT2D eigenvalue weighted by Crippen LogP contribution is 2.39. The van der Waals surface area contributed by atoms with Gasteiger partial charge in [-0.15, -0.1) is 0 Å². The van der Waals surface area contributed by atoms with Gasteiger partial charge < -0.3 is 19.1 Å². The molecule has 3 aromatic rings. The fraction of sp³-hybridized carbons (Fsp3) is 0.423. The van der Waals surface area contributed by atoms with Gasteiger partial charge in [0.15, 0.2) is 0 Å². The summed E-state index contributed by atoms with van der Waals surface area (Å²) < 4.78 is 54.6. The van der Waals surface area contributed by atoms with Crippen molar-refractivity contribution < 1.29 is 32.5 Å². The van der Waals surface area contributed by atoms with Crippen LogP contribution in [0.1, 0.15) is 61.4 Å². The molecule has 2 heterocycles. The van der Waals surface area contributed by atoms with Gasteiger partial charge in [-0.2, -0.15) is 13.2 Å². The monoisotopic (exact) mass is 473 g/mol. The van der Waals surface area contributed by atoms with Gasteiger partial charge in [0, 0.05) is 23.2 Å². The number of carboxylic acids is 1. The molecule has 1 N–H and O–H groups in total. The van der Waals surface area contributed by atoms with Crippen molar-refractivity contribution in [2.75, 3.05) is 0 Å². The van der Waals surface area contributed by atoms with E-state index in [2.05, 4.69) is 6.07 Å². The maximum absolute atomic E-state index is 13.7. The molecule has 0 amide bonds. The standard InChI is InChI=1S/C26H26F3NO4/c27-26(28,29)22-11-16(5-10-24(22)34-20-3-1-2-4-20)15-33-21-9-6-17-12-18-7-8-19(13-25(31)32)30(18)23(17)14-21/h5-6,9-12,14,19-20H,1-4,7-8,13,15H2,(H,31,32). The first-order valence-electron chi connectivity index (χ1n) is 11.6. The quantitative estimate of drug-likeness (QED) is 0.424. The summed E-state index contributed by atoms with van der Waals surface area (Å²) in [5.74, 6) is -0.445.